The van der Waals surface area contributed by atoms with Crippen LogP contribution in [0.3, 0.4) is 0 Å². The Balaban J connectivity index is 1.63. The topological polar surface area (TPSA) is 50.7 Å². The number of hydrazone groups is 1. The normalized spacial score (nSPS) is 10.7. The smallest absolute Gasteiger partial charge is 0.250 e. The summed E-state index contributed by atoms with van der Waals surface area (Å²) in [6, 6.07) is 17.7. The second-order valence-corrected chi connectivity index (χ2v) is 5.96. The molecule has 0 radical (unpaired) electrons. The van der Waals surface area contributed by atoms with Crippen molar-refractivity contribution in [1.29, 1.82) is 0 Å². The van der Waals surface area contributed by atoms with Crippen LogP contribution >= 0.6 is 11.8 Å². The zero-order valence-corrected chi connectivity index (χ0v) is 13.9. The molecule has 0 saturated carbocycles. The lowest BCUT2D eigenvalue weighted by Gasteiger charge is -2.02. The van der Waals surface area contributed by atoms with Crippen LogP contribution in [0.25, 0.3) is 0 Å². The lowest BCUT2D eigenvalue weighted by atomic mass is 10.2. The fourth-order valence-corrected chi connectivity index (χ4v) is 2.67. The standard InChI is InChI=1S/C18H20N2O2S/c1-22-17-9-7-16(8-10-17)13-19-20-18(21)14-23-12-11-15-5-3-2-4-6-15/h2-10,13H,11-12,14H2,1H3,(H,20,21)/b19-13-. The van der Waals surface area contributed by atoms with Gasteiger partial charge in [-0.2, -0.15) is 16.9 Å². The molecule has 1 amide bonds. The zero-order valence-electron chi connectivity index (χ0n) is 13.1. The van der Waals surface area contributed by atoms with Crippen molar-refractivity contribution in [2.75, 3.05) is 18.6 Å². The van der Waals surface area contributed by atoms with Gasteiger partial charge in [-0.3, -0.25) is 4.79 Å². The molecule has 0 saturated heterocycles. The Labute approximate surface area is 140 Å². The van der Waals surface area contributed by atoms with Gasteiger partial charge in [0.25, 0.3) is 0 Å². The van der Waals surface area contributed by atoms with Gasteiger partial charge in [0.15, 0.2) is 0 Å². The van der Waals surface area contributed by atoms with Crippen molar-refractivity contribution < 1.29 is 9.53 Å². The molecule has 0 aliphatic heterocycles. The third kappa shape index (κ3) is 6.57. The molecular weight excluding hydrogens is 308 g/mol. The van der Waals surface area contributed by atoms with Crippen molar-refractivity contribution in [3.05, 3.63) is 65.7 Å². The molecule has 2 aromatic carbocycles. The summed E-state index contributed by atoms with van der Waals surface area (Å²) in [5.74, 6) is 2.03. The van der Waals surface area contributed by atoms with E-state index in [0.29, 0.717) is 5.75 Å². The van der Waals surface area contributed by atoms with E-state index in [4.69, 9.17) is 4.74 Å². The molecule has 0 aliphatic rings. The quantitative estimate of drug-likeness (QED) is 0.460. The van der Waals surface area contributed by atoms with Crippen LogP contribution in [0.1, 0.15) is 11.1 Å². The molecule has 2 rings (SSSR count). The van der Waals surface area contributed by atoms with Crippen LogP contribution in [0, 0.1) is 0 Å². The second kappa shape index (κ2) is 9.69. The number of ether oxygens (including phenoxy) is 1. The van der Waals surface area contributed by atoms with Gasteiger partial charge in [0, 0.05) is 0 Å². The third-order valence-electron chi connectivity index (χ3n) is 3.13. The fourth-order valence-electron chi connectivity index (χ4n) is 1.90. The molecule has 0 spiro atoms. The number of thioether (sulfide) groups is 1. The Morgan fingerprint density at radius 2 is 1.91 bits per heavy atom. The van der Waals surface area contributed by atoms with Crippen molar-refractivity contribution in [3.8, 4) is 5.75 Å². The van der Waals surface area contributed by atoms with E-state index >= 15 is 0 Å². The molecule has 0 bridgehead atoms. The minimum absolute atomic E-state index is 0.0900. The Morgan fingerprint density at radius 3 is 2.61 bits per heavy atom. The van der Waals surface area contributed by atoms with Gasteiger partial charge in [-0.15, -0.1) is 0 Å². The van der Waals surface area contributed by atoms with E-state index in [1.54, 1.807) is 25.1 Å². The van der Waals surface area contributed by atoms with Gasteiger partial charge in [-0.1, -0.05) is 30.3 Å². The summed E-state index contributed by atoms with van der Waals surface area (Å²) in [4.78, 5) is 11.7. The molecule has 0 unspecified atom stereocenters. The number of amides is 1. The van der Waals surface area contributed by atoms with Crippen LogP contribution in [0.2, 0.25) is 0 Å². The summed E-state index contributed by atoms with van der Waals surface area (Å²) in [6.45, 7) is 0. The van der Waals surface area contributed by atoms with E-state index < -0.39 is 0 Å². The van der Waals surface area contributed by atoms with E-state index in [1.165, 1.54) is 5.56 Å². The molecule has 5 heteroatoms. The molecule has 0 atom stereocenters. The molecule has 0 heterocycles. The van der Waals surface area contributed by atoms with Crippen molar-refractivity contribution in [2.45, 2.75) is 6.42 Å². The van der Waals surface area contributed by atoms with Gasteiger partial charge in [0.2, 0.25) is 5.91 Å². The molecule has 23 heavy (non-hydrogen) atoms. The number of rotatable bonds is 8. The highest BCUT2D eigenvalue weighted by Crippen LogP contribution is 2.09. The molecule has 0 aliphatic carbocycles. The van der Waals surface area contributed by atoms with Crippen LogP contribution in [0.4, 0.5) is 0 Å². The maximum Gasteiger partial charge on any atom is 0.250 e. The molecule has 0 fully saturated rings. The first-order chi connectivity index (χ1) is 11.3. The monoisotopic (exact) mass is 328 g/mol. The number of nitrogens with one attached hydrogen (secondary N) is 1. The van der Waals surface area contributed by atoms with Gasteiger partial charge in [0.1, 0.15) is 5.75 Å². The van der Waals surface area contributed by atoms with E-state index in [1.807, 2.05) is 42.5 Å². The summed E-state index contributed by atoms with van der Waals surface area (Å²) in [6.07, 6.45) is 2.58. The lowest BCUT2D eigenvalue weighted by molar-refractivity contribution is -0.118. The van der Waals surface area contributed by atoms with Gasteiger partial charge < -0.3 is 4.74 Å². The van der Waals surface area contributed by atoms with Crippen LogP contribution in [-0.4, -0.2) is 30.7 Å². The molecule has 1 N–H and O–H groups in total. The van der Waals surface area contributed by atoms with E-state index in [-0.39, 0.29) is 5.91 Å². The van der Waals surface area contributed by atoms with Crippen LogP contribution in [0.15, 0.2) is 59.7 Å². The maximum absolute atomic E-state index is 11.7. The number of methoxy groups -OCH3 is 1. The van der Waals surface area contributed by atoms with Crippen molar-refractivity contribution in [1.82, 2.24) is 5.43 Å². The summed E-state index contributed by atoms with van der Waals surface area (Å²) in [7, 11) is 1.62. The van der Waals surface area contributed by atoms with Gasteiger partial charge in [-0.05, 0) is 47.6 Å². The van der Waals surface area contributed by atoms with Crippen LogP contribution in [0.5, 0.6) is 5.75 Å². The Kier molecular flexibility index (Phi) is 7.20. The molecule has 0 aromatic heterocycles. The minimum atomic E-state index is -0.0900. The number of carbonyl (C=O) groups excluding carboxylic acids is 1. The third-order valence-corrected chi connectivity index (χ3v) is 4.09. The zero-order chi connectivity index (χ0) is 16.3. The Bertz CT molecular complexity index is 627. The highest BCUT2D eigenvalue weighted by Gasteiger charge is 2.00. The first-order valence-electron chi connectivity index (χ1n) is 7.35. The molecule has 2 aromatic rings. The Morgan fingerprint density at radius 1 is 1.17 bits per heavy atom. The average Bonchev–Trinajstić information content (AvgIpc) is 2.60. The van der Waals surface area contributed by atoms with E-state index in [9.17, 15) is 4.79 Å². The largest absolute Gasteiger partial charge is 0.497 e. The summed E-state index contributed by atoms with van der Waals surface area (Å²) >= 11 is 1.60. The number of benzene rings is 2. The molecule has 120 valence electrons. The second-order valence-electron chi connectivity index (χ2n) is 4.85. The summed E-state index contributed by atoms with van der Waals surface area (Å²) in [5, 5.41) is 3.96. The number of nitrogens with zero attached hydrogens (tertiary/aromatic N) is 1. The summed E-state index contributed by atoms with van der Waals surface area (Å²) < 4.78 is 5.08. The number of carbonyl (C=O) groups is 1. The first-order valence-corrected chi connectivity index (χ1v) is 8.51. The van der Waals surface area contributed by atoms with Gasteiger partial charge in [0.05, 0.1) is 19.1 Å². The Hall–Kier alpha value is -2.27. The maximum atomic E-state index is 11.7. The number of aryl methyl sites for hydroxylation is 1. The van der Waals surface area contributed by atoms with Crippen molar-refractivity contribution in [2.24, 2.45) is 5.10 Å². The van der Waals surface area contributed by atoms with Crippen LogP contribution < -0.4 is 10.2 Å². The van der Waals surface area contributed by atoms with Crippen molar-refractivity contribution in [3.63, 3.8) is 0 Å². The summed E-state index contributed by atoms with van der Waals surface area (Å²) in [5.41, 5.74) is 4.73. The highest BCUT2D eigenvalue weighted by atomic mass is 32.2. The highest BCUT2D eigenvalue weighted by molar-refractivity contribution is 7.99. The number of hydrogen-bond donors (Lipinski definition) is 1. The van der Waals surface area contributed by atoms with Crippen LogP contribution in [-0.2, 0) is 11.2 Å². The predicted octanol–water partition coefficient (Wildman–Crippen LogP) is 3.12. The first kappa shape index (κ1) is 17.1. The fraction of sp³-hybridized carbons (Fsp3) is 0.222. The predicted molar refractivity (Wildman–Crippen MR) is 96.2 cm³/mol. The lowest BCUT2D eigenvalue weighted by Crippen LogP contribution is -2.20. The van der Waals surface area contributed by atoms with Crippen molar-refractivity contribution >= 4 is 23.9 Å². The minimum Gasteiger partial charge on any atom is -0.497 e. The number of hydrogen-bond acceptors (Lipinski definition) is 4. The average molecular weight is 328 g/mol. The van der Waals surface area contributed by atoms with Gasteiger partial charge >= 0.3 is 0 Å². The van der Waals surface area contributed by atoms with E-state index in [2.05, 4.69) is 22.7 Å². The SMILES string of the molecule is COc1ccc(/C=N\NC(=O)CSCCc2ccccc2)cc1. The van der Waals surface area contributed by atoms with E-state index in [0.717, 1.165) is 23.5 Å². The molecular formula is C18H20N2O2S. The van der Waals surface area contributed by atoms with Gasteiger partial charge in [-0.25, -0.2) is 5.43 Å². The molecule has 4 nitrogen and oxygen atoms in total.